The predicted octanol–water partition coefficient (Wildman–Crippen LogP) is 2.16. The molecule has 0 atom stereocenters. The summed E-state index contributed by atoms with van der Waals surface area (Å²) in [6, 6.07) is 0. The lowest BCUT2D eigenvalue weighted by atomic mass is 10.3. The third-order valence-electron chi connectivity index (χ3n) is 0.731. The molecule has 2 nitrogen and oxygen atoms in total. The van der Waals surface area contributed by atoms with E-state index in [9.17, 15) is 26.3 Å². The van der Waals surface area contributed by atoms with E-state index in [2.05, 4.69) is 0 Å². The molecule has 0 aliphatic carbocycles. The van der Waals surface area contributed by atoms with Crippen LogP contribution < -0.4 is 0 Å². The quantitative estimate of drug-likeness (QED) is 0.375. The van der Waals surface area contributed by atoms with Gasteiger partial charge in [-0.05, 0) is 0 Å². The SMILES string of the molecule is N=CN=C(C(F)(F)F)C(F)(F)F. The zero-order valence-electron chi connectivity index (χ0n) is 5.29. The highest BCUT2D eigenvalue weighted by molar-refractivity contribution is 5.98. The normalized spacial score (nSPS) is 12.5. The summed E-state index contributed by atoms with van der Waals surface area (Å²) in [4.78, 5) is 1.88. The van der Waals surface area contributed by atoms with Crippen molar-refractivity contribution in [3.63, 3.8) is 0 Å². The average Bonchev–Trinajstić information content (AvgIpc) is 1.77. The molecular weight excluding hydrogens is 190 g/mol. The van der Waals surface area contributed by atoms with Crippen LogP contribution in [0.25, 0.3) is 0 Å². The maximum atomic E-state index is 11.4. The van der Waals surface area contributed by atoms with Gasteiger partial charge in [0.2, 0.25) is 5.71 Å². The zero-order valence-corrected chi connectivity index (χ0v) is 5.29. The number of hydrogen-bond acceptors (Lipinski definition) is 1. The average molecular weight is 192 g/mol. The molecule has 0 radical (unpaired) electrons. The molecule has 0 fully saturated rings. The van der Waals surface area contributed by atoms with Crippen molar-refractivity contribution in [2.75, 3.05) is 0 Å². The van der Waals surface area contributed by atoms with Crippen LogP contribution in [0.15, 0.2) is 4.99 Å². The number of halogens is 6. The topological polar surface area (TPSA) is 36.2 Å². The second-order valence-electron chi connectivity index (χ2n) is 1.60. The highest BCUT2D eigenvalue weighted by Gasteiger charge is 2.52. The second-order valence-corrected chi connectivity index (χ2v) is 1.60. The Kier molecular flexibility index (Phi) is 2.83. The number of rotatable bonds is 1. The van der Waals surface area contributed by atoms with Crippen molar-refractivity contribution in [3.8, 4) is 0 Å². The zero-order chi connectivity index (χ0) is 9.99. The minimum absolute atomic E-state index is 0.309. The maximum Gasteiger partial charge on any atom is 0.438 e. The van der Waals surface area contributed by atoms with Gasteiger partial charge in [-0.3, -0.25) is 5.41 Å². The van der Waals surface area contributed by atoms with Crippen molar-refractivity contribution in [3.05, 3.63) is 0 Å². The summed E-state index contributed by atoms with van der Waals surface area (Å²) in [6.07, 6.45) is -11.5. The van der Waals surface area contributed by atoms with Crippen LogP contribution in [0.3, 0.4) is 0 Å². The molecule has 0 spiro atoms. The first-order chi connectivity index (χ1) is 5.19. The molecule has 0 aromatic heterocycles. The van der Waals surface area contributed by atoms with Crippen molar-refractivity contribution in [2.24, 2.45) is 4.99 Å². The van der Waals surface area contributed by atoms with E-state index in [1.54, 1.807) is 0 Å². The van der Waals surface area contributed by atoms with E-state index in [1.165, 1.54) is 0 Å². The van der Waals surface area contributed by atoms with Crippen molar-refractivity contribution < 1.29 is 26.3 Å². The summed E-state index contributed by atoms with van der Waals surface area (Å²) in [6.45, 7) is 0. The van der Waals surface area contributed by atoms with Crippen molar-refractivity contribution in [1.29, 1.82) is 5.41 Å². The number of alkyl halides is 6. The summed E-state index contributed by atoms with van der Waals surface area (Å²) < 4.78 is 68.7. The fraction of sp³-hybridized carbons (Fsp3) is 0.500. The minimum atomic E-state index is -5.57. The van der Waals surface area contributed by atoms with Gasteiger partial charge in [-0.2, -0.15) is 26.3 Å². The Hall–Kier alpha value is -1.08. The van der Waals surface area contributed by atoms with Gasteiger partial charge in [-0.25, -0.2) is 4.99 Å². The smallest absolute Gasteiger partial charge is 0.290 e. The van der Waals surface area contributed by atoms with Crippen LogP contribution in [0.2, 0.25) is 0 Å². The van der Waals surface area contributed by atoms with E-state index in [0.29, 0.717) is 0 Å². The largest absolute Gasteiger partial charge is 0.438 e. The van der Waals surface area contributed by atoms with E-state index >= 15 is 0 Å². The van der Waals surface area contributed by atoms with Gasteiger partial charge in [0.1, 0.15) is 6.34 Å². The summed E-state index contributed by atoms with van der Waals surface area (Å²) in [5, 5.41) is 5.98. The van der Waals surface area contributed by atoms with Gasteiger partial charge in [0, 0.05) is 0 Å². The van der Waals surface area contributed by atoms with Crippen LogP contribution in [0, 0.1) is 5.41 Å². The molecule has 0 unspecified atom stereocenters. The summed E-state index contributed by atoms with van der Waals surface area (Å²) in [5.41, 5.74) is -2.93. The van der Waals surface area contributed by atoms with Crippen LogP contribution in [0.4, 0.5) is 26.3 Å². The Labute approximate surface area is 62.4 Å². The Morgan fingerprint density at radius 1 is 1.00 bits per heavy atom. The Morgan fingerprint density at radius 3 is 1.42 bits per heavy atom. The standard InChI is InChI=1S/C4H2F6N2/c5-3(6,7)2(12-1-11)4(8,9)10/h1,11H. The Balaban J connectivity index is 4.95. The van der Waals surface area contributed by atoms with Crippen LogP contribution in [0.1, 0.15) is 0 Å². The highest BCUT2D eigenvalue weighted by Crippen LogP contribution is 2.29. The van der Waals surface area contributed by atoms with E-state index in [0.717, 1.165) is 0 Å². The third-order valence-corrected chi connectivity index (χ3v) is 0.731. The molecule has 8 heteroatoms. The molecule has 0 aliphatic rings. The van der Waals surface area contributed by atoms with Gasteiger partial charge in [-0.15, -0.1) is 0 Å². The first-order valence-corrected chi connectivity index (χ1v) is 2.40. The fourth-order valence-corrected chi connectivity index (χ4v) is 0.372. The lowest BCUT2D eigenvalue weighted by Crippen LogP contribution is -2.37. The first kappa shape index (κ1) is 10.9. The summed E-state index contributed by atoms with van der Waals surface area (Å²) in [7, 11) is 0. The van der Waals surface area contributed by atoms with Crippen LogP contribution in [-0.2, 0) is 0 Å². The van der Waals surface area contributed by atoms with E-state index < -0.39 is 18.1 Å². The molecule has 70 valence electrons. The molecule has 0 rings (SSSR count). The van der Waals surface area contributed by atoms with Crippen molar-refractivity contribution in [1.82, 2.24) is 0 Å². The molecule has 0 aromatic rings. The monoisotopic (exact) mass is 192 g/mol. The van der Waals surface area contributed by atoms with Crippen LogP contribution in [-0.4, -0.2) is 24.4 Å². The number of aliphatic imine (C=N–C) groups is 1. The van der Waals surface area contributed by atoms with E-state index in [4.69, 9.17) is 5.41 Å². The Morgan fingerprint density at radius 2 is 1.33 bits per heavy atom. The molecule has 12 heavy (non-hydrogen) atoms. The molecule has 0 aromatic carbocycles. The highest BCUT2D eigenvalue weighted by atomic mass is 19.4. The minimum Gasteiger partial charge on any atom is -0.290 e. The fourth-order valence-electron chi connectivity index (χ4n) is 0.372. The molecule has 0 amide bonds. The third kappa shape index (κ3) is 2.89. The lowest BCUT2D eigenvalue weighted by Gasteiger charge is -2.11. The number of nitrogens with one attached hydrogen (secondary N) is 1. The van der Waals surface area contributed by atoms with Gasteiger partial charge >= 0.3 is 12.4 Å². The predicted molar refractivity (Wildman–Crippen MR) is 28.3 cm³/mol. The van der Waals surface area contributed by atoms with Gasteiger partial charge in [0.15, 0.2) is 0 Å². The molecule has 0 heterocycles. The molecule has 0 aliphatic heterocycles. The van der Waals surface area contributed by atoms with E-state index in [1.807, 2.05) is 4.99 Å². The lowest BCUT2D eigenvalue weighted by molar-refractivity contribution is -0.117. The van der Waals surface area contributed by atoms with Gasteiger partial charge in [0.05, 0.1) is 0 Å². The molecule has 1 N–H and O–H groups in total. The first-order valence-electron chi connectivity index (χ1n) is 2.40. The van der Waals surface area contributed by atoms with Gasteiger partial charge in [0.25, 0.3) is 0 Å². The number of hydrogen-bond donors (Lipinski definition) is 1. The van der Waals surface area contributed by atoms with Crippen LogP contribution in [0.5, 0.6) is 0 Å². The van der Waals surface area contributed by atoms with Gasteiger partial charge < -0.3 is 0 Å². The van der Waals surface area contributed by atoms with Crippen molar-refractivity contribution in [2.45, 2.75) is 12.4 Å². The molecule has 0 bridgehead atoms. The summed E-state index contributed by atoms with van der Waals surface area (Å²) in [5.74, 6) is 0. The van der Waals surface area contributed by atoms with Crippen molar-refractivity contribution >= 4 is 12.1 Å². The van der Waals surface area contributed by atoms with Gasteiger partial charge in [-0.1, -0.05) is 0 Å². The molecule has 0 saturated heterocycles. The number of nitrogens with zero attached hydrogens (tertiary/aromatic N) is 1. The summed E-state index contributed by atoms with van der Waals surface area (Å²) >= 11 is 0. The maximum absolute atomic E-state index is 11.4. The van der Waals surface area contributed by atoms with Crippen LogP contribution >= 0.6 is 0 Å². The second kappa shape index (κ2) is 3.11. The molecular formula is C4H2F6N2. The Bertz CT molecular complexity index is 183. The van der Waals surface area contributed by atoms with E-state index in [-0.39, 0.29) is 6.34 Å². The molecule has 0 saturated carbocycles.